The van der Waals surface area contributed by atoms with E-state index in [4.69, 9.17) is 16.3 Å². The molecular formula is C19H19ClO4. The lowest BCUT2D eigenvalue weighted by Crippen LogP contribution is -2.14. The molecule has 0 N–H and O–H groups in total. The summed E-state index contributed by atoms with van der Waals surface area (Å²) in [4.78, 5) is 24.1. The van der Waals surface area contributed by atoms with Gasteiger partial charge in [0.15, 0.2) is 0 Å². The molecule has 0 aliphatic carbocycles. The third kappa shape index (κ3) is 4.15. The third-order valence-corrected chi connectivity index (χ3v) is 3.77. The third-order valence-electron chi connectivity index (χ3n) is 3.54. The van der Waals surface area contributed by atoms with Crippen molar-refractivity contribution in [1.82, 2.24) is 0 Å². The second-order valence-electron chi connectivity index (χ2n) is 6.35. The molecule has 2 aromatic rings. The van der Waals surface area contributed by atoms with Gasteiger partial charge in [0.1, 0.15) is 11.3 Å². The van der Waals surface area contributed by atoms with Crippen LogP contribution in [0.15, 0.2) is 42.5 Å². The molecule has 0 spiro atoms. The van der Waals surface area contributed by atoms with Gasteiger partial charge in [-0.2, -0.15) is 0 Å². The summed E-state index contributed by atoms with van der Waals surface area (Å²) in [6, 6.07) is 11.6. The number of carbonyl (C=O) groups excluding carboxylic acids is 2. The van der Waals surface area contributed by atoms with Gasteiger partial charge < -0.3 is 9.47 Å². The first kappa shape index (κ1) is 18.0. The summed E-state index contributed by atoms with van der Waals surface area (Å²) in [5.74, 6) is -1.07. The molecule has 0 heterocycles. The number of hydrogen-bond acceptors (Lipinski definition) is 4. The highest BCUT2D eigenvalue weighted by molar-refractivity contribution is 6.31. The van der Waals surface area contributed by atoms with Crippen molar-refractivity contribution in [2.75, 3.05) is 7.11 Å². The van der Waals surface area contributed by atoms with Gasteiger partial charge in [-0.25, -0.2) is 9.59 Å². The average Bonchev–Trinajstić information content (AvgIpc) is 2.55. The van der Waals surface area contributed by atoms with Crippen molar-refractivity contribution < 1.29 is 19.1 Å². The second-order valence-corrected chi connectivity index (χ2v) is 6.79. The smallest absolute Gasteiger partial charge is 0.343 e. The fourth-order valence-electron chi connectivity index (χ4n) is 2.13. The summed E-state index contributed by atoms with van der Waals surface area (Å²) in [6.45, 7) is 6.28. The molecule has 2 aromatic carbocycles. The summed E-state index contributed by atoms with van der Waals surface area (Å²) in [5, 5.41) is 0.352. The maximum absolute atomic E-state index is 12.3. The van der Waals surface area contributed by atoms with E-state index in [2.05, 4.69) is 25.5 Å². The fraction of sp³-hybridized carbons (Fsp3) is 0.263. The van der Waals surface area contributed by atoms with Crippen molar-refractivity contribution in [2.45, 2.75) is 26.2 Å². The van der Waals surface area contributed by atoms with Crippen molar-refractivity contribution in [3.05, 3.63) is 64.2 Å². The molecule has 0 radical (unpaired) electrons. The Kier molecular flexibility index (Phi) is 5.30. The van der Waals surface area contributed by atoms with Crippen LogP contribution in [0.2, 0.25) is 5.02 Å². The molecule has 24 heavy (non-hydrogen) atoms. The summed E-state index contributed by atoms with van der Waals surface area (Å²) in [7, 11) is 1.25. The monoisotopic (exact) mass is 346 g/mol. The molecule has 0 amide bonds. The van der Waals surface area contributed by atoms with Crippen molar-refractivity contribution in [3.8, 4) is 5.75 Å². The zero-order chi connectivity index (χ0) is 17.9. The zero-order valence-corrected chi connectivity index (χ0v) is 14.8. The van der Waals surface area contributed by atoms with Crippen LogP contribution < -0.4 is 4.74 Å². The van der Waals surface area contributed by atoms with Crippen molar-refractivity contribution in [1.29, 1.82) is 0 Å². The first-order valence-electron chi connectivity index (χ1n) is 7.43. The molecule has 0 saturated heterocycles. The summed E-state index contributed by atoms with van der Waals surface area (Å²) < 4.78 is 10.0. The molecule has 126 valence electrons. The molecule has 2 rings (SSSR count). The number of benzene rings is 2. The number of halogens is 1. The van der Waals surface area contributed by atoms with Gasteiger partial charge in [0.2, 0.25) is 0 Å². The lowest BCUT2D eigenvalue weighted by Gasteiger charge is -2.19. The van der Waals surface area contributed by atoms with Crippen LogP contribution in [0.3, 0.4) is 0 Å². The van der Waals surface area contributed by atoms with Gasteiger partial charge in [0.25, 0.3) is 0 Å². The quantitative estimate of drug-likeness (QED) is 0.600. The molecular weight excluding hydrogens is 328 g/mol. The minimum Gasteiger partial charge on any atom is -0.465 e. The van der Waals surface area contributed by atoms with Crippen molar-refractivity contribution in [2.24, 2.45) is 0 Å². The van der Waals surface area contributed by atoms with E-state index in [1.165, 1.54) is 19.2 Å². The van der Waals surface area contributed by atoms with E-state index in [1.54, 1.807) is 18.2 Å². The van der Waals surface area contributed by atoms with E-state index in [9.17, 15) is 9.59 Å². The van der Waals surface area contributed by atoms with E-state index in [-0.39, 0.29) is 16.7 Å². The van der Waals surface area contributed by atoms with Crippen LogP contribution in [-0.4, -0.2) is 19.0 Å². The minimum atomic E-state index is -0.622. The van der Waals surface area contributed by atoms with Crippen LogP contribution in [0, 0.1) is 0 Å². The number of rotatable bonds is 3. The maximum atomic E-state index is 12.3. The highest BCUT2D eigenvalue weighted by atomic mass is 35.5. The molecule has 0 bridgehead atoms. The number of carbonyl (C=O) groups is 2. The van der Waals surface area contributed by atoms with Gasteiger partial charge in [0.05, 0.1) is 12.7 Å². The van der Waals surface area contributed by atoms with Crippen LogP contribution in [0.4, 0.5) is 0 Å². The highest BCUT2D eigenvalue weighted by Crippen LogP contribution is 2.26. The van der Waals surface area contributed by atoms with Crippen molar-refractivity contribution >= 4 is 23.5 Å². The van der Waals surface area contributed by atoms with Gasteiger partial charge in [-0.1, -0.05) is 44.5 Å². The average molecular weight is 347 g/mol. The summed E-state index contributed by atoms with van der Waals surface area (Å²) >= 11 is 5.88. The molecule has 4 nitrogen and oxygen atoms in total. The molecule has 0 saturated carbocycles. The molecule has 5 heteroatoms. The molecule has 0 aliphatic rings. The van der Waals surface area contributed by atoms with Crippen LogP contribution in [0.1, 0.15) is 47.1 Å². The summed E-state index contributed by atoms with van der Waals surface area (Å²) in [6.07, 6.45) is 0. The Bertz CT molecular complexity index is 758. The highest BCUT2D eigenvalue weighted by Gasteiger charge is 2.19. The number of hydrogen-bond donors (Lipinski definition) is 0. The standard InChI is InChI=1S/C19H19ClO4/c1-19(2,3)13-7-5-12(6-8-13)17(21)24-16-10-9-14(20)11-15(16)18(22)23-4/h5-11H,1-4H3. The Morgan fingerprint density at radius 1 is 0.958 bits per heavy atom. The predicted octanol–water partition coefficient (Wildman–Crippen LogP) is 4.64. The Balaban J connectivity index is 2.25. The predicted molar refractivity (Wildman–Crippen MR) is 92.9 cm³/mol. The minimum absolute atomic E-state index is 0.00331. The topological polar surface area (TPSA) is 52.6 Å². The van der Waals surface area contributed by atoms with E-state index in [1.807, 2.05) is 12.1 Å². The first-order valence-corrected chi connectivity index (χ1v) is 7.81. The molecule has 0 atom stereocenters. The second kappa shape index (κ2) is 7.05. The Morgan fingerprint density at radius 2 is 1.58 bits per heavy atom. The molecule has 0 aromatic heterocycles. The van der Waals surface area contributed by atoms with Crippen LogP contribution in [-0.2, 0) is 10.2 Å². The Hall–Kier alpha value is -2.33. The maximum Gasteiger partial charge on any atom is 0.343 e. The van der Waals surface area contributed by atoms with E-state index in [0.717, 1.165) is 5.56 Å². The fourth-order valence-corrected chi connectivity index (χ4v) is 2.30. The van der Waals surface area contributed by atoms with Gasteiger partial charge >= 0.3 is 11.9 Å². The normalized spacial score (nSPS) is 11.0. The molecule has 0 aliphatic heterocycles. The first-order chi connectivity index (χ1) is 11.2. The van der Waals surface area contributed by atoms with Crippen molar-refractivity contribution in [3.63, 3.8) is 0 Å². The number of methoxy groups -OCH3 is 1. The largest absolute Gasteiger partial charge is 0.465 e. The lowest BCUT2D eigenvalue weighted by molar-refractivity contribution is 0.0593. The van der Waals surface area contributed by atoms with E-state index >= 15 is 0 Å². The summed E-state index contributed by atoms with van der Waals surface area (Å²) in [5.41, 5.74) is 1.61. The van der Waals surface area contributed by atoms with Gasteiger partial charge in [-0.3, -0.25) is 0 Å². The zero-order valence-electron chi connectivity index (χ0n) is 14.1. The Morgan fingerprint density at radius 3 is 2.12 bits per heavy atom. The van der Waals surface area contributed by atoms with Crippen LogP contribution in [0.25, 0.3) is 0 Å². The lowest BCUT2D eigenvalue weighted by atomic mass is 9.87. The van der Waals surface area contributed by atoms with E-state index in [0.29, 0.717) is 10.6 Å². The van der Waals surface area contributed by atoms with Gasteiger partial charge in [-0.05, 0) is 41.3 Å². The number of ether oxygens (including phenoxy) is 2. The SMILES string of the molecule is COC(=O)c1cc(Cl)ccc1OC(=O)c1ccc(C(C)(C)C)cc1. The van der Waals surface area contributed by atoms with E-state index < -0.39 is 11.9 Å². The van der Waals surface area contributed by atoms with Crippen LogP contribution >= 0.6 is 11.6 Å². The molecule has 0 unspecified atom stereocenters. The molecule has 0 fully saturated rings. The van der Waals surface area contributed by atoms with Crippen LogP contribution in [0.5, 0.6) is 5.75 Å². The Labute approximate surface area is 146 Å². The van der Waals surface area contributed by atoms with Gasteiger partial charge in [0, 0.05) is 5.02 Å². The van der Waals surface area contributed by atoms with Gasteiger partial charge in [-0.15, -0.1) is 0 Å². The number of esters is 2.